The topological polar surface area (TPSA) is 22.9 Å². The Kier molecular flexibility index (Phi) is 23.5. The molecular formula is C138H93N3OS2. The predicted octanol–water partition coefficient (Wildman–Crippen LogP) is 40.6. The first kappa shape index (κ1) is 87.2. The zero-order valence-corrected chi connectivity index (χ0v) is 80.4. The van der Waals surface area contributed by atoms with Gasteiger partial charge >= 0.3 is 0 Å². The quantitative estimate of drug-likeness (QED) is 0.0854. The van der Waals surface area contributed by atoms with Crippen molar-refractivity contribution in [3.05, 3.63) is 564 Å². The molecule has 24 aromatic carbocycles. The van der Waals surface area contributed by atoms with E-state index in [0.29, 0.717) is 0 Å². The largest absolute Gasteiger partial charge is 0.455 e. The third-order valence-electron chi connectivity index (χ3n) is 27.7. The highest BCUT2D eigenvalue weighted by atomic mass is 32.1. The average molecular weight is 1870 g/mol. The first-order valence-corrected chi connectivity index (χ1v) is 50.7. The summed E-state index contributed by atoms with van der Waals surface area (Å²) in [6.45, 7) is 0. The van der Waals surface area contributed by atoms with E-state index in [9.17, 15) is 0 Å². The molecule has 0 aliphatic carbocycles. The number of hydrogen-bond acceptors (Lipinski definition) is 6. The fourth-order valence-electron chi connectivity index (χ4n) is 20.5. The van der Waals surface area contributed by atoms with E-state index in [1.807, 2.05) is 28.7 Å². The summed E-state index contributed by atoms with van der Waals surface area (Å²) >= 11 is 3.77. The fourth-order valence-corrected chi connectivity index (χ4v) is 22.9. The number of anilines is 9. The van der Waals surface area contributed by atoms with Crippen LogP contribution in [0, 0.1) is 0 Å². The maximum Gasteiger partial charge on any atom is 0.143 e. The Balaban J connectivity index is 0.000000114. The van der Waals surface area contributed by atoms with E-state index >= 15 is 0 Å². The number of fused-ring (bicyclic) bond motifs is 12. The van der Waals surface area contributed by atoms with Crippen molar-refractivity contribution in [2.75, 3.05) is 14.7 Å². The number of benzene rings is 24. The van der Waals surface area contributed by atoms with Crippen LogP contribution < -0.4 is 14.7 Å². The number of furan rings is 1. The standard InChI is InChI=1S/C52H35NO.C46H31NS.C40H27NS/c1-3-11-36(12-4-1)38-19-21-39(22-20-38)40-25-29-46(30-26-40)53(45-15-5-2-6-16-45)47-31-27-41(28-32-47)49-34-44(43-24-23-37-13-7-8-14-42(37)33-43)35-50-48-17-9-10-18-51(48)54-52(49)50;1-3-11-32(12-4-1)34-21-25-40(26-22-34)47(39-15-5-2-6-16-39)41-27-23-35(24-28-41)43-30-38(37-20-19-33-13-7-8-14-36(33)29-37)31-44-42-17-9-10-18-45(42)48-46(43)44;1-3-13-33(14-4-1)41(34-15-5-2-6-16-34)35-23-21-29(22-24-35)37-26-32(31-20-19-28-11-7-8-12-30(28)25-31)27-38-36-17-9-10-18-39(36)42-40(37)38/h1-35H;1-31H;1-27H. The van der Waals surface area contributed by atoms with Gasteiger partial charge in [0, 0.05) is 119 Å². The van der Waals surface area contributed by atoms with Gasteiger partial charge < -0.3 is 19.1 Å². The molecule has 0 N–H and O–H groups in total. The van der Waals surface area contributed by atoms with Crippen LogP contribution in [0.3, 0.4) is 0 Å². The van der Waals surface area contributed by atoms with Crippen molar-refractivity contribution < 1.29 is 4.42 Å². The van der Waals surface area contributed by atoms with Crippen LogP contribution in [0.1, 0.15) is 0 Å². The second-order valence-electron chi connectivity index (χ2n) is 36.6. The molecule has 4 nitrogen and oxygen atoms in total. The molecule has 0 atom stereocenters. The van der Waals surface area contributed by atoms with Gasteiger partial charge in [-0.1, -0.05) is 382 Å². The molecule has 3 heterocycles. The van der Waals surface area contributed by atoms with Crippen LogP contribution in [0.25, 0.3) is 195 Å². The number of nitrogens with zero attached hydrogens (tertiary/aromatic N) is 3. The third-order valence-corrected chi connectivity index (χ3v) is 30.2. The minimum Gasteiger partial charge on any atom is -0.455 e. The highest BCUT2D eigenvalue weighted by Gasteiger charge is 2.24. The van der Waals surface area contributed by atoms with E-state index in [4.69, 9.17) is 4.42 Å². The lowest BCUT2D eigenvalue weighted by Gasteiger charge is -2.26. The predicted molar refractivity (Wildman–Crippen MR) is 618 cm³/mol. The lowest BCUT2D eigenvalue weighted by atomic mass is 9.94. The van der Waals surface area contributed by atoms with Gasteiger partial charge in [-0.25, -0.2) is 0 Å². The van der Waals surface area contributed by atoms with Gasteiger partial charge in [-0.05, 0) is 298 Å². The summed E-state index contributed by atoms with van der Waals surface area (Å²) in [4.78, 5) is 6.96. The van der Waals surface area contributed by atoms with Crippen molar-refractivity contribution in [3.63, 3.8) is 0 Å². The molecule has 0 unspecified atom stereocenters. The molecule has 27 rings (SSSR count). The van der Waals surface area contributed by atoms with Crippen LogP contribution in [0.4, 0.5) is 51.2 Å². The van der Waals surface area contributed by atoms with E-state index < -0.39 is 0 Å². The molecule has 6 heteroatoms. The monoisotopic (exact) mass is 1870 g/mol. The Morgan fingerprint density at radius 1 is 0.139 bits per heavy atom. The van der Waals surface area contributed by atoms with E-state index in [-0.39, 0.29) is 0 Å². The average Bonchev–Trinajstić information content (AvgIpc) is 1.59. The molecule has 678 valence electrons. The normalized spacial score (nSPS) is 11.3. The molecule has 3 aromatic heterocycles. The van der Waals surface area contributed by atoms with Crippen molar-refractivity contribution in [1.29, 1.82) is 0 Å². The van der Waals surface area contributed by atoms with Crippen molar-refractivity contribution >= 4 is 168 Å². The van der Waals surface area contributed by atoms with Crippen molar-refractivity contribution in [3.8, 4) is 100 Å². The van der Waals surface area contributed by atoms with Crippen molar-refractivity contribution in [1.82, 2.24) is 0 Å². The fraction of sp³-hybridized carbons (Fsp3) is 0. The Bertz CT molecular complexity index is 9280. The van der Waals surface area contributed by atoms with E-state index in [1.54, 1.807) is 0 Å². The van der Waals surface area contributed by atoms with Gasteiger partial charge in [0.25, 0.3) is 0 Å². The van der Waals surface area contributed by atoms with Gasteiger partial charge in [0.15, 0.2) is 0 Å². The molecular weight excluding hydrogens is 1780 g/mol. The molecule has 0 saturated heterocycles. The molecule has 0 spiro atoms. The number of hydrogen-bond donors (Lipinski definition) is 0. The SMILES string of the molecule is c1ccc(-c2ccc(-c3ccc(N(c4ccccc4)c4ccc(-c5cc(-c6ccc7ccccc7c6)cc6c5oc5ccccc56)cc4)cc3)cc2)cc1.c1ccc(-c2ccc(N(c3ccccc3)c3ccc(-c4cc(-c5ccc6ccccc6c5)cc5c4sc4ccccc45)cc3)cc2)cc1.c1ccc(N(c2ccccc2)c2ccc(-c3cc(-c4ccc5ccccc5c4)cc4c3sc3ccccc34)cc2)cc1. The van der Waals surface area contributed by atoms with Crippen LogP contribution in [-0.4, -0.2) is 0 Å². The maximum absolute atomic E-state index is 6.58. The summed E-state index contributed by atoms with van der Waals surface area (Å²) in [7, 11) is 0. The third kappa shape index (κ3) is 17.4. The smallest absolute Gasteiger partial charge is 0.143 e. The van der Waals surface area contributed by atoms with Crippen molar-refractivity contribution in [2.24, 2.45) is 0 Å². The molecule has 0 bridgehead atoms. The molecule has 0 saturated carbocycles. The van der Waals surface area contributed by atoms with Gasteiger partial charge in [0.2, 0.25) is 0 Å². The first-order chi connectivity index (χ1) is 71.3. The van der Waals surface area contributed by atoms with Gasteiger partial charge in [0.05, 0.1) is 0 Å². The van der Waals surface area contributed by atoms with Crippen molar-refractivity contribution in [2.45, 2.75) is 0 Å². The van der Waals surface area contributed by atoms with Crippen LogP contribution >= 0.6 is 22.7 Å². The Hall–Kier alpha value is -18.3. The summed E-state index contributed by atoms with van der Waals surface area (Å²) in [6.07, 6.45) is 0. The highest BCUT2D eigenvalue weighted by molar-refractivity contribution is 7.26. The molecule has 0 fully saturated rings. The van der Waals surface area contributed by atoms with Gasteiger partial charge in [-0.2, -0.15) is 0 Å². The number of rotatable bonds is 18. The second kappa shape index (κ2) is 38.8. The zero-order valence-electron chi connectivity index (χ0n) is 78.8. The minimum absolute atomic E-state index is 0.895. The number of thiophene rings is 2. The first-order valence-electron chi connectivity index (χ1n) is 49.0. The van der Waals surface area contributed by atoms with Crippen LogP contribution in [0.5, 0.6) is 0 Å². The Morgan fingerprint density at radius 2 is 0.375 bits per heavy atom. The molecule has 0 radical (unpaired) electrons. The molecule has 0 aliphatic heterocycles. The lowest BCUT2D eigenvalue weighted by Crippen LogP contribution is -2.09. The second-order valence-corrected chi connectivity index (χ2v) is 38.7. The van der Waals surface area contributed by atoms with Crippen LogP contribution in [-0.2, 0) is 0 Å². The Morgan fingerprint density at radius 3 is 0.715 bits per heavy atom. The van der Waals surface area contributed by atoms with Crippen LogP contribution in [0.15, 0.2) is 569 Å². The summed E-state index contributed by atoms with van der Waals surface area (Å²) in [5, 5.41) is 15.0. The van der Waals surface area contributed by atoms with E-state index in [2.05, 4.69) is 573 Å². The van der Waals surface area contributed by atoms with Gasteiger partial charge in [-0.3, -0.25) is 0 Å². The summed E-state index contributed by atoms with van der Waals surface area (Å²) < 4.78 is 11.9. The Labute approximate surface area is 845 Å². The summed E-state index contributed by atoms with van der Waals surface area (Å²) in [6, 6.07) is 203. The molecule has 27 aromatic rings. The van der Waals surface area contributed by atoms with E-state index in [0.717, 1.165) is 84.3 Å². The molecule has 144 heavy (non-hydrogen) atoms. The van der Waals surface area contributed by atoms with E-state index in [1.165, 1.54) is 162 Å². The van der Waals surface area contributed by atoms with Gasteiger partial charge in [0.1, 0.15) is 11.2 Å². The molecule has 0 aliphatic rings. The molecule has 0 amide bonds. The summed E-state index contributed by atoms with van der Waals surface area (Å²) in [5.74, 6) is 0. The van der Waals surface area contributed by atoms with Crippen LogP contribution in [0.2, 0.25) is 0 Å². The maximum atomic E-state index is 6.58. The summed E-state index contributed by atoms with van der Waals surface area (Å²) in [5.41, 5.74) is 33.6. The zero-order chi connectivity index (χ0) is 95.6. The van der Waals surface area contributed by atoms with Gasteiger partial charge in [-0.15, -0.1) is 22.7 Å². The lowest BCUT2D eigenvalue weighted by molar-refractivity contribution is 0.670. The highest BCUT2D eigenvalue weighted by Crippen LogP contribution is 2.50. The minimum atomic E-state index is 0.895. The number of para-hydroxylation sites is 5.